The smallest absolute Gasteiger partial charge is 0.248 e. The molecule has 2 rings (SSSR count). The van der Waals surface area contributed by atoms with Crippen LogP contribution in [-0.4, -0.2) is 18.2 Å². The van der Waals surface area contributed by atoms with Crippen LogP contribution in [-0.2, 0) is 15.6 Å². The molecular formula is C13H13BrCl2N2O2S. The van der Waals surface area contributed by atoms with Crippen LogP contribution in [0, 0.1) is 0 Å². The predicted octanol–water partition coefficient (Wildman–Crippen LogP) is 4.40. The molecule has 21 heavy (non-hydrogen) atoms. The first-order valence-corrected chi connectivity index (χ1v) is 9.63. The van der Waals surface area contributed by atoms with Gasteiger partial charge in [-0.1, -0.05) is 53.5 Å². The fraction of sp³-hybridized carbons (Fsp3) is 0.308. The molecule has 0 N–H and O–H groups in total. The van der Waals surface area contributed by atoms with Gasteiger partial charge in [0.05, 0.1) is 12.2 Å². The van der Waals surface area contributed by atoms with Gasteiger partial charge in [0, 0.05) is 15.2 Å². The van der Waals surface area contributed by atoms with Crippen molar-refractivity contribution in [3.8, 4) is 0 Å². The fourth-order valence-electron chi connectivity index (χ4n) is 1.91. The summed E-state index contributed by atoms with van der Waals surface area (Å²) in [6.07, 6.45) is 0. The Morgan fingerprint density at radius 3 is 2.29 bits per heavy atom. The minimum Gasteiger partial charge on any atom is -0.248 e. The molecule has 0 radical (unpaired) electrons. The van der Waals surface area contributed by atoms with Gasteiger partial charge in [0.2, 0.25) is 0 Å². The van der Waals surface area contributed by atoms with Crippen molar-refractivity contribution in [2.45, 2.75) is 31.2 Å². The monoisotopic (exact) mass is 410 g/mol. The summed E-state index contributed by atoms with van der Waals surface area (Å²) in [4.78, 5) is -0.0991. The topological polar surface area (TPSA) is 52.0 Å². The zero-order valence-corrected chi connectivity index (χ0v) is 15.3. The summed E-state index contributed by atoms with van der Waals surface area (Å²) in [6.45, 7) is 4.06. The first-order valence-electron chi connectivity index (χ1n) is 6.15. The van der Waals surface area contributed by atoms with Crippen molar-refractivity contribution in [2.24, 2.45) is 0 Å². The van der Waals surface area contributed by atoms with E-state index in [2.05, 4.69) is 21.0 Å². The van der Waals surface area contributed by atoms with E-state index in [-0.39, 0.29) is 16.0 Å². The second kappa shape index (κ2) is 6.28. The molecule has 0 amide bonds. The van der Waals surface area contributed by atoms with Crippen LogP contribution in [0.1, 0.15) is 31.0 Å². The molecule has 0 saturated carbocycles. The minimum absolute atomic E-state index is 0.0385. The average Bonchev–Trinajstić information content (AvgIpc) is 2.70. The molecular weight excluding hydrogens is 399 g/mol. The fourth-order valence-corrected chi connectivity index (χ4v) is 4.08. The van der Waals surface area contributed by atoms with E-state index in [1.807, 2.05) is 38.1 Å². The highest BCUT2D eigenvalue weighted by Crippen LogP contribution is 2.32. The van der Waals surface area contributed by atoms with Crippen molar-refractivity contribution in [3.63, 3.8) is 0 Å². The maximum absolute atomic E-state index is 11.7. The molecule has 2 aromatic rings. The molecule has 1 aromatic carbocycles. The Bertz CT molecular complexity index is 755. The first kappa shape index (κ1) is 16.8. The zero-order valence-electron chi connectivity index (χ0n) is 11.3. The molecule has 0 fully saturated rings. The van der Waals surface area contributed by atoms with Crippen LogP contribution in [0.4, 0.5) is 0 Å². The third kappa shape index (κ3) is 3.80. The summed E-state index contributed by atoms with van der Waals surface area (Å²) in [5.41, 5.74) is 1.34. The largest absolute Gasteiger partial charge is 0.266 e. The van der Waals surface area contributed by atoms with E-state index in [9.17, 15) is 8.42 Å². The number of halogens is 3. The number of rotatable bonds is 4. The molecule has 0 unspecified atom stereocenters. The van der Waals surface area contributed by atoms with Crippen molar-refractivity contribution in [1.82, 2.24) is 9.78 Å². The number of hydrogen-bond acceptors (Lipinski definition) is 3. The van der Waals surface area contributed by atoms with Crippen molar-refractivity contribution >= 4 is 47.3 Å². The summed E-state index contributed by atoms with van der Waals surface area (Å²) in [5, 5.41) is 4.34. The molecule has 1 heterocycles. The van der Waals surface area contributed by atoms with E-state index < -0.39 is 9.05 Å². The van der Waals surface area contributed by atoms with Crippen molar-refractivity contribution in [2.75, 3.05) is 0 Å². The molecule has 0 atom stereocenters. The van der Waals surface area contributed by atoms with Gasteiger partial charge in [0.25, 0.3) is 9.05 Å². The van der Waals surface area contributed by atoms with E-state index in [0.717, 1.165) is 10.0 Å². The highest BCUT2D eigenvalue weighted by molar-refractivity contribution is 9.10. The van der Waals surface area contributed by atoms with Crippen molar-refractivity contribution < 1.29 is 8.42 Å². The van der Waals surface area contributed by atoms with Gasteiger partial charge in [-0.3, -0.25) is 0 Å². The maximum Gasteiger partial charge on any atom is 0.266 e. The SMILES string of the molecule is CC(C)c1nn(Cc2ccc(Br)cc2)c(Cl)c1S(=O)(=O)Cl. The highest BCUT2D eigenvalue weighted by Gasteiger charge is 2.27. The standard InChI is InChI=1S/C13H13BrCl2N2O2S/c1-8(2)11-12(21(16,19)20)13(15)18(17-11)7-9-3-5-10(14)6-4-9/h3-6,8H,7H2,1-2H3. The summed E-state index contributed by atoms with van der Waals surface area (Å²) in [6, 6.07) is 7.61. The normalized spacial score (nSPS) is 12.1. The average molecular weight is 412 g/mol. The minimum atomic E-state index is -3.94. The Morgan fingerprint density at radius 2 is 1.86 bits per heavy atom. The van der Waals surface area contributed by atoms with E-state index in [4.69, 9.17) is 22.3 Å². The first-order chi connectivity index (χ1) is 9.70. The Hall–Kier alpha value is -0.560. The maximum atomic E-state index is 11.7. The summed E-state index contributed by atoms with van der Waals surface area (Å²) in [5.74, 6) is -0.0998. The van der Waals surface area contributed by atoms with Gasteiger partial charge < -0.3 is 0 Å². The lowest BCUT2D eigenvalue weighted by Crippen LogP contribution is -2.02. The van der Waals surface area contributed by atoms with E-state index in [1.165, 1.54) is 4.68 Å². The molecule has 0 bridgehead atoms. The predicted molar refractivity (Wildman–Crippen MR) is 87.6 cm³/mol. The number of nitrogens with zero attached hydrogens (tertiary/aromatic N) is 2. The highest BCUT2D eigenvalue weighted by atomic mass is 79.9. The second-order valence-corrected chi connectivity index (χ2v) is 8.66. The summed E-state index contributed by atoms with van der Waals surface area (Å²) >= 11 is 9.53. The van der Waals surface area contributed by atoms with E-state index >= 15 is 0 Å². The molecule has 8 heteroatoms. The van der Waals surface area contributed by atoms with Crippen LogP contribution in [0.3, 0.4) is 0 Å². The molecule has 4 nitrogen and oxygen atoms in total. The van der Waals surface area contributed by atoms with Gasteiger partial charge in [-0.25, -0.2) is 13.1 Å². The van der Waals surface area contributed by atoms with Gasteiger partial charge >= 0.3 is 0 Å². The number of hydrogen-bond donors (Lipinski definition) is 0. The lowest BCUT2D eigenvalue weighted by atomic mass is 10.1. The molecule has 1 aromatic heterocycles. The van der Waals surface area contributed by atoms with Crippen LogP contribution in [0.15, 0.2) is 33.6 Å². The van der Waals surface area contributed by atoms with Gasteiger partial charge in [-0.2, -0.15) is 5.10 Å². The van der Waals surface area contributed by atoms with Crippen molar-refractivity contribution in [3.05, 3.63) is 45.1 Å². The third-order valence-electron chi connectivity index (χ3n) is 2.91. The second-order valence-electron chi connectivity index (χ2n) is 4.88. The van der Waals surface area contributed by atoms with Gasteiger partial charge in [-0.15, -0.1) is 0 Å². The number of aromatic nitrogens is 2. The van der Waals surface area contributed by atoms with E-state index in [1.54, 1.807) is 0 Å². The Morgan fingerprint density at radius 1 is 1.29 bits per heavy atom. The number of benzene rings is 1. The zero-order chi connectivity index (χ0) is 15.8. The quantitative estimate of drug-likeness (QED) is 0.700. The van der Waals surface area contributed by atoms with Gasteiger partial charge in [0.15, 0.2) is 0 Å². The van der Waals surface area contributed by atoms with Gasteiger partial charge in [0.1, 0.15) is 10.0 Å². The van der Waals surface area contributed by atoms with Crippen LogP contribution >= 0.6 is 38.2 Å². The lowest BCUT2D eigenvalue weighted by Gasteiger charge is -2.04. The molecule has 0 spiro atoms. The molecule has 114 valence electrons. The van der Waals surface area contributed by atoms with Crippen molar-refractivity contribution in [1.29, 1.82) is 0 Å². The molecule has 0 aliphatic heterocycles. The molecule has 0 saturated heterocycles. The lowest BCUT2D eigenvalue weighted by molar-refractivity contribution is 0.607. The van der Waals surface area contributed by atoms with Crippen LogP contribution in [0.25, 0.3) is 0 Å². The Labute approximate surface area is 141 Å². The van der Waals surface area contributed by atoms with Crippen LogP contribution in [0.5, 0.6) is 0 Å². The van der Waals surface area contributed by atoms with Crippen LogP contribution in [0.2, 0.25) is 5.15 Å². The Kier molecular flexibility index (Phi) is 5.03. The summed E-state index contributed by atoms with van der Waals surface area (Å²) in [7, 11) is 1.54. The molecule has 0 aliphatic carbocycles. The summed E-state index contributed by atoms with van der Waals surface area (Å²) < 4.78 is 25.8. The third-order valence-corrected chi connectivity index (χ3v) is 5.29. The Balaban J connectivity index is 2.48. The van der Waals surface area contributed by atoms with Crippen LogP contribution < -0.4 is 0 Å². The molecule has 0 aliphatic rings. The van der Waals surface area contributed by atoms with E-state index in [0.29, 0.717) is 12.2 Å². The van der Waals surface area contributed by atoms with Gasteiger partial charge in [-0.05, 0) is 23.6 Å².